The Morgan fingerprint density at radius 2 is 2.04 bits per heavy atom. The molecule has 0 unspecified atom stereocenters. The Morgan fingerprint density at radius 1 is 1.29 bits per heavy atom. The first-order valence-corrected chi connectivity index (χ1v) is 9.96. The maximum absolute atomic E-state index is 14.6. The second-order valence-electron chi connectivity index (χ2n) is 6.91. The Hall–Kier alpha value is -2.42. The van der Waals surface area contributed by atoms with Gasteiger partial charge in [0.1, 0.15) is 22.9 Å². The topological polar surface area (TPSA) is 53.3 Å². The summed E-state index contributed by atoms with van der Waals surface area (Å²) in [6.45, 7) is 5.68. The van der Waals surface area contributed by atoms with Gasteiger partial charge >= 0.3 is 5.97 Å². The zero-order valence-corrected chi connectivity index (χ0v) is 17.8. The number of fused-ring (bicyclic) bond motifs is 3. The summed E-state index contributed by atoms with van der Waals surface area (Å²) >= 11 is 2.21. The molecule has 0 radical (unpaired) electrons. The predicted octanol–water partition coefficient (Wildman–Crippen LogP) is 5.09. The number of halogens is 2. The fourth-order valence-corrected chi connectivity index (χ4v) is 3.94. The summed E-state index contributed by atoms with van der Waals surface area (Å²) in [5.74, 6) is -0.323. The zero-order valence-electron chi connectivity index (χ0n) is 15.6. The van der Waals surface area contributed by atoms with Crippen LogP contribution in [0.15, 0.2) is 42.5 Å². The molecule has 2 aromatic carbocycles. The number of hydrogen-bond donors (Lipinski definition) is 0. The van der Waals surface area contributed by atoms with Gasteiger partial charge in [-0.2, -0.15) is 5.10 Å². The van der Waals surface area contributed by atoms with Crippen molar-refractivity contribution in [2.45, 2.75) is 26.4 Å². The van der Waals surface area contributed by atoms with Crippen LogP contribution >= 0.6 is 22.6 Å². The number of rotatable bonds is 3. The molecule has 7 heteroatoms. The van der Waals surface area contributed by atoms with E-state index >= 15 is 0 Å². The van der Waals surface area contributed by atoms with Gasteiger partial charge in [0.05, 0.1) is 17.9 Å². The van der Waals surface area contributed by atoms with Gasteiger partial charge in [-0.1, -0.05) is 12.1 Å². The van der Waals surface area contributed by atoms with Crippen molar-refractivity contribution in [2.24, 2.45) is 0 Å². The van der Waals surface area contributed by atoms with Crippen LogP contribution in [0.2, 0.25) is 0 Å². The lowest BCUT2D eigenvalue weighted by Crippen LogP contribution is -2.31. The maximum atomic E-state index is 14.6. The number of benzene rings is 2. The number of carbonyl (C=O) groups excluding carboxylic acids is 1. The molecule has 1 aliphatic rings. The first kappa shape index (κ1) is 18.9. The molecule has 3 aromatic rings. The molecule has 0 fully saturated rings. The minimum Gasteiger partial charge on any atom is -0.482 e. The van der Waals surface area contributed by atoms with E-state index in [4.69, 9.17) is 9.47 Å². The molecule has 4 rings (SSSR count). The number of carbonyl (C=O) groups is 1. The van der Waals surface area contributed by atoms with Crippen LogP contribution in [0.1, 0.15) is 36.8 Å². The molecule has 0 saturated heterocycles. The molecule has 0 spiro atoms. The molecule has 144 valence electrons. The summed E-state index contributed by atoms with van der Waals surface area (Å²) in [6, 6.07) is 12.1. The van der Waals surface area contributed by atoms with Gasteiger partial charge in [-0.3, -0.25) is 0 Å². The van der Waals surface area contributed by atoms with E-state index < -0.39 is 17.4 Å². The SMILES string of the molecule is CCOC(=O)c1nn(-c2ccccc2F)c2c1C(C)(C)Oc1cc(I)ccc1-2. The van der Waals surface area contributed by atoms with Crippen molar-refractivity contribution >= 4 is 28.6 Å². The van der Waals surface area contributed by atoms with Crippen LogP contribution in [0.25, 0.3) is 16.9 Å². The highest BCUT2D eigenvalue weighted by Gasteiger charge is 2.42. The van der Waals surface area contributed by atoms with Crippen LogP contribution in [-0.2, 0) is 10.3 Å². The van der Waals surface area contributed by atoms with Gasteiger partial charge < -0.3 is 9.47 Å². The zero-order chi connectivity index (χ0) is 20.1. The highest BCUT2D eigenvalue weighted by Crippen LogP contribution is 2.48. The van der Waals surface area contributed by atoms with Crippen molar-refractivity contribution in [2.75, 3.05) is 6.61 Å². The minimum absolute atomic E-state index is 0.134. The molecule has 1 aromatic heterocycles. The summed E-state index contributed by atoms with van der Waals surface area (Å²) in [5, 5.41) is 4.48. The van der Waals surface area contributed by atoms with Gasteiger partial charge in [-0.05, 0) is 73.7 Å². The number of para-hydroxylation sites is 1. The summed E-state index contributed by atoms with van der Waals surface area (Å²) in [7, 11) is 0. The highest BCUT2D eigenvalue weighted by molar-refractivity contribution is 14.1. The normalized spacial score (nSPS) is 14.0. The summed E-state index contributed by atoms with van der Waals surface area (Å²) in [4.78, 5) is 12.7. The number of aromatic nitrogens is 2. The molecule has 1 aliphatic heterocycles. The highest BCUT2D eigenvalue weighted by atomic mass is 127. The first-order chi connectivity index (χ1) is 13.3. The Labute approximate surface area is 175 Å². The standard InChI is InChI=1S/C21H18FIN2O3/c1-4-27-20(26)18-17-19(25(24-18)15-8-6-5-7-14(15)22)13-10-9-12(23)11-16(13)28-21(17,2)3/h5-11H,4H2,1-3H3. The van der Waals surface area contributed by atoms with E-state index in [1.54, 1.807) is 25.1 Å². The molecular formula is C21H18FIN2O3. The molecule has 0 N–H and O–H groups in total. The van der Waals surface area contributed by atoms with Crippen molar-refractivity contribution < 1.29 is 18.7 Å². The molecular weight excluding hydrogens is 474 g/mol. The summed E-state index contributed by atoms with van der Waals surface area (Å²) in [5.41, 5.74) is 1.52. The smallest absolute Gasteiger partial charge is 0.359 e. The van der Waals surface area contributed by atoms with Crippen LogP contribution in [0.3, 0.4) is 0 Å². The van der Waals surface area contributed by atoms with Crippen LogP contribution in [0.4, 0.5) is 4.39 Å². The Kier molecular flexibility index (Phi) is 4.65. The average Bonchev–Trinajstić information content (AvgIpc) is 3.03. The van der Waals surface area contributed by atoms with Crippen molar-refractivity contribution in [1.29, 1.82) is 0 Å². The van der Waals surface area contributed by atoms with Gasteiger partial charge in [0, 0.05) is 9.13 Å². The number of ether oxygens (including phenoxy) is 2. The fourth-order valence-electron chi connectivity index (χ4n) is 3.48. The lowest BCUT2D eigenvalue weighted by atomic mass is 9.89. The van der Waals surface area contributed by atoms with E-state index in [0.29, 0.717) is 17.0 Å². The van der Waals surface area contributed by atoms with E-state index in [1.165, 1.54) is 10.7 Å². The number of nitrogens with zero attached hydrogens (tertiary/aromatic N) is 2. The van der Waals surface area contributed by atoms with E-state index in [2.05, 4.69) is 27.7 Å². The van der Waals surface area contributed by atoms with Gasteiger partial charge in [0.25, 0.3) is 0 Å². The van der Waals surface area contributed by atoms with E-state index in [0.717, 1.165) is 9.13 Å². The maximum Gasteiger partial charge on any atom is 0.359 e. The second kappa shape index (κ2) is 6.88. The fraction of sp³-hybridized carbons (Fsp3) is 0.238. The number of hydrogen-bond acceptors (Lipinski definition) is 4. The molecule has 0 amide bonds. The molecule has 0 saturated carbocycles. The van der Waals surface area contributed by atoms with Crippen molar-refractivity contribution in [1.82, 2.24) is 9.78 Å². The van der Waals surface area contributed by atoms with Crippen LogP contribution < -0.4 is 4.74 Å². The summed E-state index contributed by atoms with van der Waals surface area (Å²) in [6.07, 6.45) is 0. The molecule has 0 bridgehead atoms. The first-order valence-electron chi connectivity index (χ1n) is 8.88. The summed E-state index contributed by atoms with van der Waals surface area (Å²) < 4.78 is 28.5. The Balaban J connectivity index is 2.09. The number of esters is 1. The third-order valence-corrected chi connectivity index (χ3v) is 5.27. The van der Waals surface area contributed by atoms with Crippen molar-refractivity contribution in [3.63, 3.8) is 0 Å². The van der Waals surface area contributed by atoms with Crippen molar-refractivity contribution in [3.8, 4) is 22.7 Å². The molecule has 0 aliphatic carbocycles. The van der Waals surface area contributed by atoms with Crippen molar-refractivity contribution in [3.05, 3.63) is 63.1 Å². The largest absolute Gasteiger partial charge is 0.482 e. The van der Waals surface area contributed by atoms with E-state index in [1.807, 2.05) is 32.0 Å². The van der Waals surface area contributed by atoms with Crippen LogP contribution in [0, 0.1) is 9.39 Å². The second-order valence-corrected chi connectivity index (χ2v) is 8.15. The third kappa shape index (κ3) is 2.97. The van der Waals surface area contributed by atoms with Gasteiger partial charge in [0.2, 0.25) is 0 Å². The van der Waals surface area contributed by atoms with Gasteiger partial charge in [-0.15, -0.1) is 0 Å². The predicted molar refractivity (Wildman–Crippen MR) is 111 cm³/mol. The van der Waals surface area contributed by atoms with Gasteiger partial charge in [0.15, 0.2) is 5.69 Å². The van der Waals surface area contributed by atoms with E-state index in [-0.39, 0.29) is 18.0 Å². The monoisotopic (exact) mass is 492 g/mol. The lowest BCUT2D eigenvalue weighted by molar-refractivity contribution is 0.0500. The molecule has 28 heavy (non-hydrogen) atoms. The molecule has 0 atom stereocenters. The average molecular weight is 492 g/mol. The molecule has 2 heterocycles. The Morgan fingerprint density at radius 3 is 2.75 bits per heavy atom. The van der Waals surface area contributed by atoms with Gasteiger partial charge in [-0.25, -0.2) is 13.9 Å². The third-order valence-electron chi connectivity index (χ3n) is 4.60. The van der Waals surface area contributed by atoms with Crippen LogP contribution in [-0.4, -0.2) is 22.4 Å². The van der Waals surface area contributed by atoms with Crippen LogP contribution in [0.5, 0.6) is 5.75 Å². The Bertz CT molecular complexity index is 1090. The lowest BCUT2D eigenvalue weighted by Gasteiger charge is -2.33. The molecule has 5 nitrogen and oxygen atoms in total. The minimum atomic E-state index is -0.849. The van der Waals surface area contributed by atoms with E-state index in [9.17, 15) is 9.18 Å². The quantitative estimate of drug-likeness (QED) is 0.378.